The maximum atomic E-state index is 12.5. The van der Waals surface area contributed by atoms with Gasteiger partial charge in [-0.05, 0) is 55.9 Å². The number of hydrogen-bond acceptors (Lipinski definition) is 3. The number of benzene rings is 1. The summed E-state index contributed by atoms with van der Waals surface area (Å²) in [6, 6.07) is 8.94. The molecule has 3 atom stereocenters. The van der Waals surface area contributed by atoms with Crippen molar-refractivity contribution in [3.05, 3.63) is 29.8 Å². The molecule has 2 aliphatic rings. The molecule has 2 heterocycles. The van der Waals surface area contributed by atoms with Crippen molar-refractivity contribution in [2.45, 2.75) is 64.1 Å². The molecule has 24 heavy (non-hydrogen) atoms. The van der Waals surface area contributed by atoms with E-state index >= 15 is 0 Å². The fourth-order valence-corrected chi connectivity index (χ4v) is 4.33. The Hall–Kier alpha value is -1.55. The predicted molar refractivity (Wildman–Crippen MR) is 96.5 cm³/mol. The standard InChI is InChI=1S/C20H30N2O2/c1-14(2)13-22-17-5-4-6-18(22)12-16(11-17)21-20(23)15-7-9-19(24-3)10-8-15/h7-10,14,16-18H,4-6,11-13H2,1-3H3,(H,21,23)/t16?,17-,18+. The summed E-state index contributed by atoms with van der Waals surface area (Å²) in [6.07, 6.45) is 6.07. The second-order valence-electron chi connectivity index (χ2n) is 7.70. The molecule has 2 bridgehead atoms. The molecule has 2 aliphatic heterocycles. The van der Waals surface area contributed by atoms with E-state index < -0.39 is 0 Å². The van der Waals surface area contributed by atoms with Crippen LogP contribution in [0.3, 0.4) is 0 Å². The predicted octanol–water partition coefficient (Wildman–Crippen LogP) is 3.47. The number of fused-ring (bicyclic) bond motifs is 2. The number of ether oxygens (including phenoxy) is 1. The van der Waals surface area contributed by atoms with Gasteiger partial charge in [-0.25, -0.2) is 0 Å². The minimum absolute atomic E-state index is 0.0398. The first-order valence-electron chi connectivity index (χ1n) is 9.27. The molecular weight excluding hydrogens is 300 g/mol. The molecule has 4 nitrogen and oxygen atoms in total. The lowest BCUT2D eigenvalue weighted by Gasteiger charge is -2.49. The molecule has 3 rings (SSSR count). The second kappa shape index (κ2) is 7.56. The summed E-state index contributed by atoms with van der Waals surface area (Å²) in [5.41, 5.74) is 0.713. The molecule has 2 fully saturated rings. The number of nitrogens with zero attached hydrogens (tertiary/aromatic N) is 1. The number of hydrogen-bond donors (Lipinski definition) is 1. The Labute approximate surface area is 145 Å². The SMILES string of the molecule is COc1ccc(C(=O)NC2C[C@H]3CCC[C@@H](C2)N3CC(C)C)cc1. The van der Waals surface area contributed by atoms with Gasteiger partial charge in [0.25, 0.3) is 5.91 Å². The van der Waals surface area contributed by atoms with Gasteiger partial charge in [0.1, 0.15) is 5.75 Å². The van der Waals surface area contributed by atoms with Crippen molar-refractivity contribution >= 4 is 5.91 Å². The lowest BCUT2D eigenvalue weighted by Crippen LogP contribution is -2.57. The Balaban J connectivity index is 1.61. The molecule has 1 aromatic carbocycles. The van der Waals surface area contributed by atoms with E-state index in [2.05, 4.69) is 24.1 Å². The summed E-state index contributed by atoms with van der Waals surface area (Å²) in [4.78, 5) is 15.2. The summed E-state index contributed by atoms with van der Waals surface area (Å²) in [6.45, 7) is 5.79. The fourth-order valence-electron chi connectivity index (χ4n) is 4.33. The van der Waals surface area contributed by atoms with Crippen molar-refractivity contribution in [1.82, 2.24) is 10.2 Å². The Bertz CT molecular complexity index is 541. The molecule has 1 aromatic rings. The summed E-state index contributed by atoms with van der Waals surface area (Å²) in [5, 5.41) is 3.27. The quantitative estimate of drug-likeness (QED) is 0.899. The molecule has 0 spiro atoms. The van der Waals surface area contributed by atoms with Crippen LogP contribution in [0.25, 0.3) is 0 Å². The highest BCUT2D eigenvalue weighted by atomic mass is 16.5. The van der Waals surface area contributed by atoms with E-state index in [4.69, 9.17) is 4.74 Å². The van der Waals surface area contributed by atoms with Crippen LogP contribution in [0.5, 0.6) is 5.75 Å². The molecule has 1 unspecified atom stereocenters. The Morgan fingerprint density at radius 3 is 2.38 bits per heavy atom. The van der Waals surface area contributed by atoms with Gasteiger partial charge in [0.2, 0.25) is 0 Å². The lowest BCUT2D eigenvalue weighted by atomic mass is 9.81. The van der Waals surface area contributed by atoms with Gasteiger partial charge >= 0.3 is 0 Å². The normalized spacial score (nSPS) is 27.1. The highest BCUT2D eigenvalue weighted by Gasteiger charge is 2.38. The topological polar surface area (TPSA) is 41.6 Å². The van der Waals surface area contributed by atoms with Gasteiger partial charge < -0.3 is 10.1 Å². The monoisotopic (exact) mass is 330 g/mol. The zero-order valence-electron chi connectivity index (χ0n) is 15.1. The number of carbonyl (C=O) groups excluding carboxylic acids is 1. The van der Waals surface area contributed by atoms with Crippen LogP contribution in [0, 0.1) is 5.92 Å². The third kappa shape index (κ3) is 3.92. The van der Waals surface area contributed by atoms with Crippen LogP contribution < -0.4 is 10.1 Å². The molecule has 0 saturated carbocycles. The van der Waals surface area contributed by atoms with Crippen LogP contribution in [0.15, 0.2) is 24.3 Å². The first-order chi connectivity index (χ1) is 11.6. The highest BCUT2D eigenvalue weighted by Crippen LogP contribution is 2.34. The minimum atomic E-state index is 0.0398. The summed E-state index contributed by atoms with van der Waals surface area (Å²) < 4.78 is 5.16. The lowest BCUT2D eigenvalue weighted by molar-refractivity contribution is 0.0158. The molecule has 1 N–H and O–H groups in total. The van der Waals surface area contributed by atoms with Gasteiger partial charge in [-0.1, -0.05) is 20.3 Å². The highest BCUT2D eigenvalue weighted by molar-refractivity contribution is 5.94. The number of piperidine rings is 2. The largest absolute Gasteiger partial charge is 0.497 e. The van der Waals surface area contributed by atoms with Crippen LogP contribution in [0.1, 0.15) is 56.3 Å². The molecule has 1 amide bonds. The van der Waals surface area contributed by atoms with Gasteiger partial charge in [-0.2, -0.15) is 0 Å². The van der Waals surface area contributed by atoms with Crippen LogP contribution in [0.2, 0.25) is 0 Å². The van der Waals surface area contributed by atoms with Crippen LogP contribution in [0.4, 0.5) is 0 Å². The van der Waals surface area contributed by atoms with Crippen LogP contribution in [-0.2, 0) is 0 Å². The van der Waals surface area contributed by atoms with E-state index in [1.54, 1.807) is 7.11 Å². The minimum Gasteiger partial charge on any atom is -0.497 e. The first-order valence-corrected chi connectivity index (χ1v) is 9.27. The Kier molecular flexibility index (Phi) is 5.44. The molecule has 0 aliphatic carbocycles. The number of carbonyl (C=O) groups is 1. The summed E-state index contributed by atoms with van der Waals surface area (Å²) in [7, 11) is 1.64. The van der Waals surface area contributed by atoms with Crippen LogP contribution in [-0.4, -0.2) is 42.6 Å². The Morgan fingerprint density at radius 1 is 1.21 bits per heavy atom. The second-order valence-corrected chi connectivity index (χ2v) is 7.70. The number of methoxy groups -OCH3 is 1. The van der Waals surface area contributed by atoms with E-state index in [0.29, 0.717) is 29.6 Å². The van der Waals surface area contributed by atoms with Crippen molar-refractivity contribution in [1.29, 1.82) is 0 Å². The van der Waals surface area contributed by atoms with Gasteiger partial charge in [-0.3, -0.25) is 9.69 Å². The van der Waals surface area contributed by atoms with Crippen molar-refractivity contribution in [3.63, 3.8) is 0 Å². The molecule has 132 valence electrons. The van der Waals surface area contributed by atoms with Crippen molar-refractivity contribution < 1.29 is 9.53 Å². The first kappa shape index (κ1) is 17.3. The zero-order chi connectivity index (χ0) is 17.1. The zero-order valence-corrected chi connectivity index (χ0v) is 15.1. The average Bonchev–Trinajstić information content (AvgIpc) is 2.55. The van der Waals surface area contributed by atoms with Crippen molar-refractivity contribution in [2.24, 2.45) is 5.92 Å². The third-order valence-corrected chi connectivity index (χ3v) is 5.39. The van der Waals surface area contributed by atoms with E-state index in [-0.39, 0.29) is 5.91 Å². The number of nitrogens with one attached hydrogen (secondary N) is 1. The van der Waals surface area contributed by atoms with Crippen molar-refractivity contribution in [2.75, 3.05) is 13.7 Å². The number of rotatable bonds is 5. The summed E-state index contributed by atoms with van der Waals surface area (Å²) >= 11 is 0. The van der Waals surface area contributed by atoms with Crippen molar-refractivity contribution in [3.8, 4) is 5.75 Å². The fraction of sp³-hybridized carbons (Fsp3) is 0.650. The van der Waals surface area contributed by atoms with Gasteiger partial charge in [-0.15, -0.1) is 0 Å². The van der Waals surface area contributed by atoms with E-state index in [9.17, 15) is 4.79 Å². The third-order valence-electron chi connectivity index (χ3n) is 5.39. The maximum Gasteiger partial charge on any atom is 0.251 e. The maximum absolute atomic E-state index is 12.5. The van der Waals surface area contributed by atoms with E-state index in [1.807, 2.05) is 24.3 Å². The molecular formula is C20H30N2O2. The Morgan fingerprint density at radius 2 is 1.83 bits per heavy atom. The molecule has 4 heteroatoms. The van der Waals surface area contributed by atoms with Gasteiger partial charge in [0, 0.05) is 30.2 Å². The number of amides is 1. The molecule has 0 radical (unpaired) electrons. The molecule has 2 saturated heterocycles. The summed E-state index contributed by atoms with van der Waals surface area (Å²) in [5.74, 6) is 1.53. The van der Waals surface area contributed by atoms with E-state index in [0.717, 1.165) is 18.6 Å². The molecule has 0 aromatic heterocycles. The average molecular weight is 330 g/mol. The van der Waals surface area contributed by atoms with Crippen LogP contribution >= 0.6 is 0 Å². The van der Waals surface area contributed by atoms with Gasteiger partial charge in [0.05, 0.1) is 7.11 Å². The smallest absolute Gasteiger partial charge is 0.251 e. The van der Waals surface area contributed by atoms with E-state index in [1.165, 1.54) is 25.8 Å². The van der Waals surface area contributed by atoms with Gasteiger partial charge in [0.15, 0.2) is 0 Å².